The molecule has 1 aromatic rings. The minimum absolute atomic E-state index is 0.124. The lowest BCUT2D eigenvalue weighted by molar-refractivity contribution is -0.895. The van der Waals surface area contributed by atoms with Gasteiger partial charge in [-0.3, -0.25) is 9.69 Å². The van der Waals surface area contributed by atoms with Crippen LogP contribution in [0.4, 0.5) is 9.80 Å². The third-order valence-electron chi connectivity index (χ3n) is 5.56. The van der Waals surface area contributed by atoms with Crippen molar-refractivity contribution in [2.75, 3.05) is 51.8 Å². The fourth-order valence-corrected chi connectivity index (χ4v) is 5.37. The van der Waals surface area contributed by atoms with Gasteiger partial charge in [0.2, 0.25) is 0 Å². The standard InChI is InChI=1S/C20H29N3O5S/c1-4-28-20(26)23-9-7-22(8-10-23)12-16(24)21-18-17(19(25)27-3)14-6-5-13(2)11-15(14)29-18/h13H,4-12H2,1-3H3,(H,21,24)/p+1/t13-/m0/s1. The van der Waals surface area contributed by atoms with Gasteiger partial charge < -0.3 is 19.7 Å². The quantitative estimate of drug-likeness (QED) is 0.687. The molecule has 8 nitrogen and oxygen atoms in total. The number of ether oxygens (including phenoxy) is 2. The van der Waals surface area contributed by atoms with Gasteiger partial charge in [-0.05, 0) is 37.7 Å². The summed E-state index contributed by atoms with van der Waals surface area (Å²) in [7, 11) is 1.37. The van der Waals surface area contributed by atoms with Gasteiger partial charge in [0.15, 0.2) is 6.54 Å². The second kappa shape index (κ2) is 9.58. The molecule has 0 saturated carbocycles. The van der Waals surface area contributed by atoms with E-state index in [1.165, 1.54) is 23.3 Å². The molecule has 1 aliphatic carbocycles. The van der Waals surface area contributed by atoms with E-state index in [1.807, 2.05) is 0 Å². The number of esters is 1. The maximum absolute atomic E-state index is 12.7. The second-order valence-electron chi connectivity index (χ2n) is 7.71. The Balaban J connectivity index is 1.61. The minimum atomic E-state index is -0.386. The average Bonchev–Trinajstić information content (AvgIpc) is 3.04. The summed E-state index contributed by atoms with van der Waals surface area (Å²) in [6.45, 7) is 7.17. The highest BCUT2D eigenvalue weighted by Gasteiger charge is 2.30. The van der Waals surface area contributed by atoms with Crippen molar-refractivity contribution in [3.63, 3.8) is 0 Å². The van der Waals surface area contributed by atoms with Crippen molar-refractivity contribution >= 4 is 34.3 Å². The highest BCUT2D eigenvalue weighted by molar-refractivity contribution is 7.17. The molecular formula is C20H30N3O5S+. The van der Waals surface area contributed by atoms with Gasteiger partial charge in [0.1, 0.15) is 5.00 Å². The van der Waals surface area contributed by atoms with E-state index in [0.29, 0.717) is 55.8 Å². The van der Waals surface area contributed by atoms with E-state index in [0.717, 1.165) is 29.7 Å². The van der Waals surface area contributed by atoms with Crippen molar-refractivity contribution in [1.82, 2.24) is 4.90 Å². The molecule has 1 fully saturated rings. The molecule has 0 unspecified atom stereocenters. The molecule has 1 aromatic heterocycles. The maximum atomic E-state index is 12.7. The van der Waals surface area contributed by atoms with Crippen molar-refractivity contribution in [3.8, 4) is 0 Å². The molecule has 0 spiro atoms. The Kier molecular flexibility index (Phi) is 7.13. The Morgan fingerprint density at radius 3 is 2.66 bits per heavy atom. The normalized spacial score (nSPS) is 19.4. The predicted octanol–water partition coefficient (Wildman–Crippen LogP) is 0.955. The van der Waals surface area contributed by atoms with Crippen LogP contribution in [0.2, 0.25) is 0 Å². The van der Waals surface area contributed by atoms with Gasteiger partial charge in [-0.1, -0.05) is 6.92 Å². The van der Waals surface area contributed by atoms with Gasteiger partial charge in [0.05, 0.1) is 45.5 Å². The molecule has 2 aliphatic rings. The number of rotatable bonds is 5. The molecule has 29 heavy (non-hydrogen) atoms. The number of hydrogen-bond acceptors (Lipinski definition) is 6. The van der Waals surface area contributed by atoms with Crippen LogP contribution in [0.5, 0.6) is 0 Å². The van der Waals surface area contributed by atoms with Crippen molar-refractivity contribution in [3.05, 3.63) is 16.0 Å². The second-order valence-corrected chi connectivity index (χ2v) is 8.81. The molecule has 0 aromatic carbocycles. The van der Waals surface area contributed by atoms with Crippen molar-refractivity contribution < 1.29 is 28.8 Å². The lowest BCUT2D eigenvalue weighted by Gasteiger charge is -2.31. The van der Waals surface area contributed by atoms with Gasteiger partial charge in [-0.2, -0.15) is 0 Å². The Bertz CT molecular complexity index is 770. The summed E-state index contributed by atoms with van der Waals surface area (Å²) in [6.07, 6.45) is 2.52. The number of methoxy groups -OCH3 is 1. The molecule has 160 valence electrons. The van der Waals surface area contributed by atoms with E-state index in [9.17, 15) is 14.4 Å². The average molecular weight is 425 g/mol. The Morgan fingerprint density at radius 1 is 1.28 bits per heavy atom. The number of nitrogens with one attached hydrogen (secondary N) is 2. The summed E-state index contributed by atoms with van der Waals surface area (Å²) in [6, 6.07) is 0. The van der Waals surface area contributed by atoms with Crippen LogP contribution in [0, 0.1) is 5.92 Å². The first-order valence-electron chi connectivity index (χ1n) is 10.2. The van der Waals surface area contributed by atoms with Crippen LogP contribution >= 0.6 is 11.3 Å². The van der Waals surface area contributed by atoms with Crippen LogP contribution in [0.3, 0.4) is 0 Å². The molecule has 2 N–H and O–H groups in total. The molecule has 1 atom stereocenters. The molecule has 0 bridgehead atoms. The number of anilines is 1. The lowest BCUT2D eigenvalue weighted by Crippen LogP contribution is -3.15. The number of carbonyl (C=O) groups is 3. The van der Waals surface area contributed by atoms with Gasteiger partial charge in [-0.15, -0.1) is 11.3 Å². The number of fused-ring (bicyclic) bond motifs is 1. The van der Waals surface area contributed by atoms with Crippen LogP contribution in [-0.2, 0) is 27.1 Å². The van der Waals surface area contributed by atoms with E-state index < -0.39 is 0 Å². The first-order chi connectivity index (χ1) is 13.9. The third-order valence-corrected chi connectivity index (χ3v) is 6.73. The van der Waals surface area contributed by atoms with E-state index in [2.05, 4.69) is 12.2 Å². The fourth-order valence-electron chi connectivity index (χ4n) is 3.95. The number of hydrogen-bond donors (Lipinski definition) is 2. The van der Waals surface area contributed by atoms with Crippen LogP contribution in [0.25, 0.3) is 0 Å². The van der Waals surface area contributed by atoms with E-state index in [-0.39, 0.29) is 18.0 Å². The summed E-state index contributed by atoms with van der Waals surface area (Å²) in [5.41, 5.74) is 1.56. The maximum Gasteiger partial charge on any atom is 0.410 e. The molecule has 2 amide bonds. The largest absolute Gasteiger partial charge is 0.465 e. The van der Waals surface area contributed by atoms with E-state index in [1.54, 1.807) is 11.8 Å². The first-order valence-corrected chi connectivity index (χ1v) is 11.0. The molecular weight excluding hydrogens is 394 g/mol. The Labute approximate surface area is 175 Å². The number of nitrogens with zero attached hydrogens (tertiary/aromatic N) is 1. The molecule has 2 heterocycles. The monoisotopic (exact) mass is 424 g/mol. The summed E-state index contributed by atoms with van der Waals surface area (Å²) < 4.78 is 10.0. The summed E-state index contributed by atoms with van der Waals surface area (Å²) >= 11 is 1.50. The number of amides is 2. The predicted molar refractivity (Wildman–Crippen MR) is 110 cm³/mol. The third kappa shape index (κ3) is 5.08. The zero-order valence-corrected chi connectivity index (χ0v) is 18.2. The Morgan fingerprint density at radius 2 is 2.00 bits per heavy atom. The van der Waals surface area contributed by atoms with Crippen LogP contribution in [0.15, 0.2) is 0 Å². The molecule has 3 rings (SSSR count). The molecule has 9 heteroatoms. The van der Waals surface area contributed by atoms with Crippen molar-refractivity contribution in [2.24, 2.45) is 5.92 Å². The molecule has 1 aliphatic heterocycles. The zero-order chi connectivity index (χ0) is 21.0. The van der Waals surface area contributed by atoms with E-state index >= 15 is 0 Å². The number of carbonyl (C=O) groups excluding carboxylic acids is 3. The number of piperazine rings is 1. The molecule has 0 radical (unpaired) electrons. The lowest BCUT2D eigenvalue weighted by atomic mass is 9.88. The van der Waals surface area contributed by atoms with Crippen molar-refractivity contribution in [2.45, 2.75) is 33.1 Å². The SMILES string of the molecule is CCOC(=O)N1CC[NH+](CC(=O)Nc2sc3c(c2C(=O)OC)CC[C@H](C)C3)CC1. The minimum Gasteiger partial charge on any atom is -0.465 e. The van der Waals surface area contributed by atoms with Gasteiger partial charge in [-0.25, -0.2) is 9.59 Å². The highest BCUT2D eigenvalue weighted by atomic mass is 32.1. The summed E-state index contributed by atoms with van der Waals surface area (Å²) in [5.74, 6) is 0.0690. The Hall–Kier alpha value is -2.13. The highest BCUT2D eigenvalue weighted by Crippen LogP contribution is 2.39. The summed E-state index contributed by atoms with van der Waals surface area (Å²) in [4.78, 5) is 40.8. The topological polar surface area (TPSA) is 89.4 Å². The summed E-state index contributed by atoms with van der Waals surface area (Å²) in [5, 5.41) is 3.55. The molecule has 1 saturated heterocycles. The van der Waals surface area contributed by atoms with Gasteiger partial charge >= 0.3 is 12.1 Å². The smallest absolute Gasteiger partial charge is 0.410 e. The van der Waals surface area contributed by atoms with Gasteiger partial charge in [0.25, 0.3) is 5.91 Å². The number of thiophene rings is 1. The zero-order valence-electron chi connectivity index (χ0n) is 17.3. The van der Waals surface area contributed by atoms with Crippen LogP contribution < -0.4 is 10.2 Å². The van der Waals surface area contributed by atoms with Crippen LogP contribution in [-0.4, -0.2) is 69.3 Å². The van der Waals surface area contributed by atoms with Crippen molar-refractivity contribution in [1.29, 1.82) is 0 Å². The fraction of sp³-hybridized carbons (Fsp3) is 0.650. The van der Waals surface area contributed by atoms with E-state index in [4.69, 9.17) is 9.47 Å². The van der Waals surface area contributed by atoms with Crippen LogP contribution in [0.1, 0.15) is 41.1 Å². The number of quaternary nitrogens is 1. The van der Waals surface area contributed by atoms with Gasteiger partial charge in [0, 0.05) is 4.88 Å². The first kappa shape index (κ1) is 21.6.